The molecule has 0 aromatic carbocycles. The molecule has 0 saturated heterocycles. The van der Waals surface area contributed by atoms with Crippen molar-refractivity contribution in [3.63, 3.8) is 0 Å². The third-order valence-corrected chi connectivity index (χ3v) is 8.31. The molecule has 0 aromatic rings. The standard InChI is InChI=1S/C40H72O2/c1-7-8-9-10-11-12-13-14-15-16-17-18-19-20-21-22-23-33-40(41)42-35-34-39(6)32-26-31-38(5)30-25-29-37(4)28-24-27-36(2)3/h27,29,31,34H,7-26,28,30,32-33,35H2,1-6H3/b37-29+,38-31+,39-34+. The Bertz CT molecular complexity index is 748. The molecular weight excluding hydrogens is 512 g/mol. The van der Waals surface area contributed by atoms with Crippen LogP contribution in [0.3, 0.4) is 0 Å². The summed E-state index contributed by atoms with van der Waals surface area (Å²) in [5.74, 6) is -0.0417. The topological polar surface area (TPSA) is 26.3 Å². The van der Waals surface area contributed by atoms with Crippen LogP contribution in [0.15, 0.2) is 46.6 Å². The van der Waals surface area contributed by atoms with Gasteiger partial charge in [0.2, 0.25) is 0 Å². The Balaban J connectivity index is 3.62. The Kier molecular flexibility index (Phi) is 29.7. The number of carbonyl (C=O) groups is 1. The van der Waals surface area contributed by atoms with Crippen LogP contribution in [0.25, 0.3) is 0 Å². The third-order valence-electron chi connectivity index (χ3n) is 8.31. The van der Waals surface area contributed by atoms with Gasteiger partial charge in [-0.3, -0.25) is 4.79 Å². The number of ether oxygens (including phenoxy) is 1. The van der Waals surface area contributed by atoms with E-state index in [1.54, 1.807) is 0 Å². The number of carbonyl (C=O) groups excluding carboxylic acids is 1. The summed E-state index contributed by atoms with van der Waals surface area (Å²) in [5.41, 5.74) is 5.68. The van der Waals surface area contributed by atoms with E-state index in [1.165, 1.54) is 125 Å². The van der Waals surface area contributed by atoms with Crippen molar-refractivity contribution in [2.45, 2.75) is 196 Å². The van der Waals surface area contributed by atoms with Crippen LogP contribution in [0.4, 0.5) is 0 Å². The van der Waals surface area contributed by atoms with Crippen LogP contribution in [0.1, 0.15) is 196 Å². The summed E-state index contributed by atoms with van der Waals surface area (Å²) >= 11 is 0. The number of rotatable bonds is 29. The second-order valence-electron chi connectivity index (χ2n) is 13.1. The van der Waals surface area contributed by atoms with Gasteiger partial charge in [0.25, 0.3) is 0 Å². The molecule has 2 nitrogen and oxygen atoms in total. The molecule has 0 saturated carbocycles. The van der Waals surface area contributed by atoms with E-state index in [1.807, 2.05) is 0 Å². The lowest BCUT2D eigenvalue weighted by Gasteiger charge is -2.05. The van der Waals surface area contributed by atoms with Crippen molar-refractivity contribution in [1.82, 2.24) is 0 Å². The number of unbranched alkanes of at least 4 members (excludes halogenated alkanes) is 16. The van der Waals surface area contributed by atoms with Crippen molar-refractivity contribution >= 4 is 5.97 Å². The van der Waals surface area contributed by atoms with Crippen molar-refractivity contribution in [2.24, 2.45) is 0 Å². The van der Waals surface area contributed by atoms with Gasteiger partial charge >= 0.3 is 5.97 Å². The van der Waals surface area contributed by atoms with E-state index in [0.29, 0.717) is 13.0 Å². The second kappa shape index (κ2) is 30.9. The monoisotopic (exact) mass is 585 g/mol. The predicted octanol–water partition coefficient (Wildman–Crippen LogP) is 13.7. The molecule has 0 fully saturated rings. The van der Waals surface area contributed by atoms with Crippen molar-refractivity contribution in [1.29, 1.82) is 0 Å². The Morgan fingerprint density at radius 2 is 0.810 bits per heavy atom. The van der Waals surface area contributed by atoms with Crippen LogP contribution in [0, 0.1) is 0 Å². The second-order valence-corrected chi connectivity index (χ2v) is 13.1. The first-order chi connectivity index (χ1) is 20.3. The van der Waals surface area contributed by atoms with Gasteiger partial charge in [-0.2, -0.15) is 0 Å². The number of hydrogen-bond donors (Lipinski definition) is 0. The third kappa shape index (κ3) is 31.4. The lowest BCUT2D eigenvalue weighted by Crippen LogP contribution is -2.04. The van der Waals surface area contributed by atoms with Crippen LogP contribution in [0.2, 0.25) is 0 Å². The van der Waals surface area contributed by atoms with Gasteiger partial charge in [0, 0.05) is 6.42 Å². The molecule has 0 rings (SSSR count). The summed E-state index contributed by atoms with van der Waals surface area (Å²) in [4.78, 5) is 12.1. The van der Waals surface area contributed by atoms with Crippen molar-refractivity contribution in [2.75, 3.05) is 6.61 Å². The maximum atomic E-state index is 12.1. The Labute approximate surface area is 263 Å². The minimum atomic E-state index is -0.0417. The lowest BCUT2D eigenvalue weighted by atomic mass is 10.0. The van der Waals surface area contributed by atoms with E-state index in [0.717, 1.165) is 44.9 Å². The summed E-state index contributed by atoms with van der Waals surface area (Å²) in [6.45, 7) is 13.7. The molecule has 0 amide bonds. The number of allylic oxidation sites excluding steroid dienone is 7. The van der Waals surface area contributed by atoms with Gasteiger partial charge in [0.05, 0.1) is 0 Å². The van der Waals surface area contributed by atoms with Crippen LogP contribution in [-0.4, -0.2) is 12.6 Å². The summed E-state index contributed by atoms with van der Waals surface area (Å²) < 4.78 is 5.44. The Morgan fingerprint density at radius 1 is 0.452 bits per heavy atom. The molecule has 0 aliphatic heterocycles. The molecular formula is C40H72O2. The first-order valence-electron chi connectivity index (χ1n) is 18.1. The molecule has 0 N–H and O–H groups in total. The van der Waals surface area contributed by atoms with Crippen LogP contribution in [0.5, 0.6) is 0 Å². The zero-order chi connectivity index (χ0) is 31.1. The first-order valence-corrected chi connectivity index (χ1v) is 18.1. The van der Waals surface area contributed by atoms with E-state index < -0.39 is 0 Å². The number of hydrogen-bond acceptors (Lipinski definition) is 2. The van der Waals surface area contributed by atoms with Crippen LogP contribution >= 0.6 is 0 Å². The SMILES string of the molecule is CCCCCCCCCCCCCCCCCCCC(=O)OC/C=C(\C)CC/C=C(\C)CC/C=C(\C)CCC=C(C)C. The van der Waals surface area contributed by atoms with E-state index in [-0.39, 0.29) is 5.97 Å². The zero-order valence-electron chi connectivity index (χ0n) is 29.3. The largest absolute Gasteiger partial charge is 0.461 e. The normalized spacial score (nSPS) is 12.6. The fourth-order valence-electron chi connectivity index (χ4n) is 5.33. The zero-order valence-corrected chi connectivity index (χ0v) is 29.3. The molecule has 0 aromatic heterocycles. The maximum Gasteiger partial charge on any atom is 0.306 e. The van der Waals surface area contributed by atoms with Crippen molar-refractivity contribution < 1.29 is 9.53 Å². The smallest absolute Gasteiger partial charge is 0.306 e. The molecule has 0 aliphatic carbocycles. The highest BCUT2D eigenvalue weighted by Crippen LogP contribution is 2.16. The fourth-order valence-corrected chi connectivity index (χ4v) is 5.33. The quantitative estimate of drug-likeness (QED) is 0.0496. The van der Waals surface area contributed by atoms with Gasteiger partial charge in [0.1, 0.15) is 6.61 Å². The molecule has 0 atom stereocenters. The molecule has 42 heavy (non-hydrogen) atoms. The first kappa shape index (κ1) is 40.4. The summed E-state index contributed by atoms with van der Waals surface area (Å²) in [5, 5.41) is 0. The van der Waals surface area contributed by atoms with Crippen LogP contribution < -0.4 is 0 Å². The average molecular weight is 585 g/mol. The van der Waals surface area contributed by atoms with Gasteiger partial charge in [-0.1, -0.05) is 150 Å². The molecule has 244 valence electrons. The van der Waals surface area contributed by atoms with E-state index in [9.17, 15) is 4.79 Å². The average Bonchev–Trinajstić information content (AvgIpc) is 2.94. The Morgan fingerprint density at radius 3 is 1.21 bits per heavy atom. The summed E-state index contributed by atoms with van der Waals surface area (Å²) in [6, 6.07) is 0. The highest BCUT2D eigenvalue weighted by molar-refractivity contribution is 5.69. The predicted molar refractivity (Wildman–Crippen MR) is 188 cm³/mol. The summed E-state index contributed by atoms with van der Waals surface area (Å²) in [6.07, 6.45) is 39.5. The molecule has 0 unspecified atom stereocenters. The van der Waals surface area contributed by atoms with Crippen LogP contribution in [-0.2, 0) is 9.53 Å². The molecule has 0 spiro atoms. The van der Waals surface area contributed by atoms with Gasteiger partial charge in [-0.25, -0.2) is 0 Å². The molecule has 2 heteroatoms. The van der Waals surface area contributed by atoms with Crippen molar-refractivity contribution in [3.8, 4) is 0 Å². The molecule has 0 aliphatic rings. The highest BCUT2D eigenvalue weighted by atomic mass is 16.5. The van der Waals surface area contributed by atoms with E-state index in [4.69, 9.17) is 4.74 Å². The maximum absolute atomic E-state index is 12.1. The van der Waals surface area contributed by atoms with E-state index in [2.05, 4.69) is 65.8 Å². The van der Waals surface area contributed by atoms with Crippen molar-refractivity contribution in [3.05, 3.63) is 46.6 Å². The Hall–Kier alpha value is -1.57. The molecule has 0 radical (unpaired) electrons. The fraction of sp³-hybridized carbons (Fsp3) is 0.775. The minimum absolute atomic E-state index is 0.0417. The van der Waals surface area contributed by atoms with Gasteiger partial charge < -0.3 is 4.74 Å². The summed E-state index contributed by atoms with van der Waals surface area (Å²) in [7, 11) is 0. The van der Waals surface area contributed by atoms with Gasteiger partial charge in [-0.15, -0.1) is 0 Å². The van der Waals surface area contributed by atoms with Gasteiger partial charge in [0.15, 0.2) is 0 Å². The highest BCUT2D eigenvalue weighted by Gasteiger charge is 2.02. The number of esters is 1. The lowest BCUT2D eigenvalue weighted by molar-refractivity contribution is -0.142. The molecule has 0 heterocycles. The van der Waals surface area contributed by atoms with Gasteiger partial charge in [-0.05, 0) is 85.6 Å². The molecule has 0 bridgehead atoms. The van der Waals surface area contributed by atoms with E-state index >= 15 is 0 Å². The minimum Gasteiger partial charge on any atom is -0.461 e.